The Morgan fingerprint density at radius 2 is 1.80 bits per heavy atom. The van der Waals surface area contributed by atoms with Crippen molar-refractivity contribution in [2.45, 2.75) is 26.9 Å². The molecule has 2 nitrogen and oxygen atoms in total. The highest BCUT2D eigenvalue weighted by molar-refractivity contribution is 5.34. The molecule has 0 amide bonds. The lowest BCUT2D eigenvalue weighted by Crippen LogP contribution is -2.11. The number of ether oxygens (including phenoxy) is 1. The summed E-state index contributed by atoms with van der Waals surface area (Å²) < 4.78 is 18.7. The van der Waals surface area contributed by atoms with Gasteiger partial charge in [0.05, 0.1) is 0 Å². The quantitative estimate of drug-likeness (QED) is 0.917. The molecular formula is C17H19FO2. The molecule has 0 radical (unpaired) electrons. The van der Waals surface area contributed by atoms with Gasteiger partial charge < -0.3 is 9.84 Å². The average Bonchev–Trinajstić information content (AvgIpc) is 2.39. The summed E-state index contributed by atoms with van der Waals surface area (Å²) >= 11 is 0. The van der Waals surface area contributed by atoms with E-state index in [1.807, 2.05) is 39.0 Å². The summed E-state index contributed by atoms with van der Waals surface area (Å²) in [7, 11) is 0. The van der Waals surface area contributed by atoms with E-state index in [4.69, 9.17) is 4.74 Å². The molecule has 0 aliphatic heterocycles. The van der Waals surface area contributed by atoms with Gasteiger partial charge >= 0.3 is 0 Å². The summed E-state index contributed by atoms with van der Waals surface area (Å²) in [6.45, 7) is 5.92. The van der Waals surface area contributed by atoms with E-state index in [-0.39, 0.29) is 12.4 Å². The van der Waals surface area contributed by atoms with Gasteiger partial charge in [-0.15, -0.1) is 0 Å². The summed E-state index contributed by atoms with van der Waals surface area (Å²) in [5, 5.41) is 10.2. The maximum absolute atomic E-state index is 13.2. The van der Waals surface area contributed by atoms with Crippen LogP contribution in [-0.4, -0.2) is 11.7 Å². The average molecular weight is 274 g/mol. The first-order valence-corrected chi connectivity index (χ1v) is 6.61. The number of rotatable bonds is 4. The summed E-state index contributed by atoms with van der Waals surface area (Å²) in [5.74, 6) is 0.125. The number of benzene rings is 2. The molecule has 1 atom stereocenters. The van der Waals surface area contributed by atoms with Gasteiger partial charge in [0.2, 0.25) is 0 Å². The minimum absolute atomic E-state index is 0.105. The molecular weight excluding hydrogens is 255 g/mol. The molecule has 0 aromatic heterocycles. The Morgan fingerprint density at radius 3 is 2.50 bits per heavy atom. The molecule has 2 aromatic rings. The largest absolute Gasteiger partial charge is 0.490 e. The lowest BCUT2D eigenvalue weighted by atomic mass is 10.0. The van der Waals surface area contributed by atoms with Crippen LogP contribution in [0.25, 0.3) is 0 Å². The molecule has 0 fully saturated rings. The van der Waals surface area contributed by atoms with Gasteiger partial charge in [0.25, 0.3) is 0 Å². The highest BCUT2D eigenvalue weighted by Crippen LogP contribution is 2.23. The lowest BCUT2D eigenvalue weighted by molar-refractivity contribution is 0.107. The number of aryl methyl sites for hydroxylation is 3. The maximum Gasteiger partial charge on any atom is 0.126 e. The topological polar surface area (TPSA) is 29.5 Å². The number of halogens is 1. The van der Waals surface area contributed by atoms with Crippen LogP contribution in [-0.2, 0) is 0 Å². The first-order valence-electron chi connectivity index (χ1n) is 6.61. The van der Waals surface area contributed by atoms with Gasteiger partial charge in [0, 0.05) is 6.07 Å². The zero-order chi connectivity index (χ0) is 14.7. The summed E-state index contributed by atoms with van der Waals surface area (Å²) in [5.41, 5.74) is 3.86. The van der Waals surface area contributed by atoms with Crippen molar-refractivity contribution >= 4 is 0 Å². The van der Waals surface area contributed by atoms with Gasteiger partial charge in [-0.3, -0.25) is 0 Å². The van der Waals surface area contributed by atoms with Gasteiger partial charge in [0.15, 0.2) is 0 Å². The second-order valence-electron chi connectivity index (χ2n) is 5.10. The van der Waals surface area contributed by atoms with Crippen LogP contribution >= 0.6 is 0 Å². The Morgan fingerprint density at radius 1 is 1.05 bits per heavy atom. The van der Waals surface area contributed by atoms with E-state index in [1.54, 1.807) is 6.07 Å². The molecule has 106 valence electrons. The Balaban J connectivity index is 2.08. The zero-order valence-electron chi connectivity index (χ0n) is 12.0. The Kier molecular flexibility index (Phi) is 4.40. The van der Waals surface area contributed by atoms with E-state index in [1.165, 1.54) is 12.1 Å². The monoisotopic (exact) mass is 274 g/mol. The Hall–Kier alpha value is -1.87. The van der Waals surface area contributed by atoms with E-state index in [9.17, 15) is 9.50 Å². The molecule has 0 saturated heterocycles. The van der Waals surface area contributed by atoms with E-state index >= 15 is 0 Å². The van der Waals surface area contributed by atoms with Crippen LogP contribution in [0.5, 0.6) is 5.75 Å². The normalized spacial score (nSPS) is 12.2. The highest BCUT2D eigenvalue weighted by Gasteiger charge is 2.12. The maximum atomic E-state index is 13.2. The fourth-order valence-electron chi connectivity index (χ4n) is 2.19. The smallest absolute Gasteiger partial charge is 0.126 e. The van der Waals surface area contributed by atoms with Gasteiger partial charge in [-0.25, -0.2) is 4.39 Å². The van der Waals surface area contributed by atoms with Crippen molar-refractivity contribution in [2.75, 3.05) is 6.61 Å². The molecule has 20 heavy (non-hydrogen) atoms. The molecule has 3 heteroatoms. The Bertz CT molecular complexity index is 608. The molecule has 0 aliphatic carbocycles. The zero-order valence-corrected chi connectivity index (χ0v) is 12.0. The lowest BCUT2D eigenvalue weighted by Gasteiger charge is -2.16. The predicted molar refractivity (Wildman–Crippen MR) is 77.5 cm³/mol. The number of hydrogen-bond donors (Lipinski definition) is 1. The van der Waals surface area contributed by atoms with Crippen LogP contribution in [0.4, 0.5) is 4.39 Å². The molecule has 1 unspecified atom stereocenters. The molecule has 0 bridgehead atoms. The van der Waals surface area contributed by atoms with E-state index in [0.717, 1.165) is 22.3 Å². The standard InChI is InChI=1S/C17H19FO2/c1-11-4-7-15(13(3)8-11)16(19)10-20-17-9-14(18)6-5-12(17)2/h4-9,16,19H,10H2,1-3H3. The van der Waals surface area contributed by atoms with Crippen LogP contribution < -0.4 is 4.74 Å². The molecule has 0 saturated carbocycles. The number of aliphatic hydroxyl groups excluding tert-OH is 1. The van der Waals surface area contributed by atoms with E-state index in [0.29, 0.717) is 5.75 Å². The van der Waals surface area contributed by atoms with Crippen LogP contribution in [0.1, 0.15) is 28.4 Å². The third kappa shape index (κ3) is 3.36. The summed E-state index contributed by atoms with van der Waals surface area (Å²) in [6, 6.07) is 10.3. The fraction of sp³-hybridized carbons (Fsp3) is 0.294. The van der Waals surface area contributed by atoms with Crippen molar-refractivity contribution in [2.24, 2.45) is 0 Å². The molecule has 0 spiro atoms. The van der Waals surface area contributed by atoms with Crippen LogP contribution in [0.15, 0.2) is 36.4 Å². The first kappa shape index (κ1) is 14.5. The Labute approximate surface area is 118 Å². The number of aliphatic hydroxyl groups is 1. The SMILES string of the molecule is Cc1ccc(C(O)COc2cc(F)ccc2C)c(C)c1. The van der Waals surface area contributed by atoms with Gasteiger partial charge in [0.1, 0.15) is 24.3 Å². The minimum Gasteiger partial charge on any atom is -0.490 e. The van der Waals surface area contributed by atoms with E-state index in [2.05, 4.69) is 0 Å². The molecule has 2 aromatic carbocycles. The summed E-state index contributed by atoms with van der Waals surface area (Å²) in [6.07, 6.45) is -0.724. The van der Waals surface area contributed by atoms with Crippen LogP contribution in [0, 0.1) is 26.6 Å². The molecule has 0 heterocycles. The van der Waals surface area contributed by atoms with Crippen molar-refractivity contribution in [3.8, 4) is 5.75 Å². The second-order valence-corrected chi connectivity index (χ2v) is 5.10. The third-order valence-corrected chi connectivity index (χ3v) is 3.33. The highest BCUT2D eigenvalue weighted by atomic mass is 19.1. The molecule has 2 rings (SSSR count). The van der Waals surface area contributed by atoms with Crippen molar-refractivity contribution in [3.63, 3.8) is 0 Å². The van der Waals surface area contributed by atoms with Crippen LogP contribution in [0.3, 0.4) is 0 Å². The van der Waals surface area contributed by atoms with Crippen molar-refractivity contribution in [3.05, 3.63) is 64.5 Å². The first-order chi connectivity index (χ1) is 9.47. The molecule has 1 N–H and O–H groups in total. The third-order valence-electron chi connectivity index (χ3n) is 3.33. The van der Waals surface area contributed by atoms with Crippen LogP contribution in [0.2, 0.25) is 0 Å². The van der Waals surface area contributed by atoms with Crippen molar-refractivity contribution in [1.82, 2.24) is 0 Å². The van der Waals surface area contributed by atoms with Gasteiger partial charge in [-0.2, -0.15) is 0 Å². The van der Waals surface area contributed by atoms with Gasteiger partial charge in [-0.05, 0) is 43.5 Å². The minimum atomic E-state index is -0.724. The number of hydrogen-bond acceptors (Lipinski definition) is 2. The van der Waals surface area contributed by atoms with E-state index < -0.39 is 6.10 Å². The second kappa shape index (κ2) is 6.06. The summed E-state index contributed by atoms with van der Waals surface area (Å²) in [4.78, 5) is 0. The fourth-order valence-corrected chi connectivity index (χ4v) is 2.19. The van der Waals surface area contributed by atoms with Crippen molar-refractivity contribution in [1.29, 1.82) is 0 Å². The van der Waals surface area contributed by atoms with Gasteiger partial charge in [-0.1, -0.05) is 29.8 Å². The predicted octanol–water partition coefficient (Wildman–Crippen LogP) is 3.86. The van der Waals surface area contributed by atoms with Crippen molar-refractivity contribution < 1.29 is 14.2 Å². The molecule has 0 aliphatic rings.